The second kappa shape index (κ2) is 5.89. The Hall–Kier alpha value is -1.60. The van der Waals surface area contributed by atoms with Crippen molar-refractivity contribution in [2.24, 2.45) is 0 Å². The third-order valence-electron chi connectivity index (χ3n) is 3.39. The predicted molar refractivity (Wildman–Crippen MR) is 99.5 cm³/mol. The molecule has 22 heavy (non-hydrogen) atoms. The zero-order valence-corrected chi connectivity index (χ0v) is 14.7. The van der Waals surface area contributed by atoms with Crippen LogP contribution in [0.1, 0.15) is 0 Å². The quantitative estimate of drug-likeness (QED) is 0.464. The van der Waals surface area contributed by atoms with Gasteiger partial charge in [0, 0.05) is 14.5 Å². The van der Waals surface area contributed by atoms with Crippen LogP contribution in [0.25, 0.3) is 22.2 Å². The first-order chi connectivity index (χ1) is 10.5. The first kappa shape index (κ1) is 15.3. The van der Waals surface area contributed by atoms with Gasteiger partial charge in [0.1, 0.15) is 0 Å². The molecule has 0 aliphatic rings. The van der Waals surface area contributed by atoms with Crippen LogP contribution in [0.2, 0.25) is 0 Å². The van der Waals surface area contributed by atoms with Gasteiger partial charge >= 0.3 is 0 Å². The Labute approximate surface area is 143 Å². The molecule has 1 heterocycles. The summed E-state index contributed by atoms with van der Waals surface area (Å²) >= 11 is 2.23. The number of para-hydroxylation sites is 1. The summed E-state index contributed by atoms with van der Waals surface area (Å²) in [5.41, 5.74) is 2.26. The Kier molecular flexibility index (Phi) is 4.10. The molecule has 0 fully saturated rings. The maximum atomic E-state index is 12.7. The van der Waals surface area contributed by atoms with Crippen LogP contribution in [-0.4, -0.2) is 18.1 Å². The number of aromatic nitrogens is 1. The first-order valence-corrected chi connectivity index (χ1v) is 9.42. The van der Waals surface area contributed by atoms with E-state index in [0.29, 0.717) is 11.2 Å². The van der Waals surface area contributed by atoms with Gasteiger partial charge in [-0.1, -0.05) is 36.4 Å². The number of benzene rings is 2. The van der Waals surface area contributed by atoms with E-state index in [0.717, 1.165) is 14.5 Å². The van der Waals surface area contributed by atoms with Gasteiger partial charge in [-0.2, -0.15) is 0 Å². The minimum atomic E-state index is -3.49. The van der Waals surface area contributed by atoms with Crippen LogP contribution in [0, 0.1) is 3.57 Å². The summed E-state index contributed by atoms with van der Waals surface area (Å²) in [6.45, 7) is 3.56. The van der Waals surface area contributed by atoms with Gasteiger partial charge in [-0.05, 0) is 46.9 Å². The maximum absolute atomic E-state index is 12.7. The van der Waals surface area contributed by atoms with Gasteiger partial charge in [0.15, 0.2) is 0 Å². The molecule has 3 rings (SSSR count). The molecule has 2 aromatic carbocycles. The van der Waals surface area contributed by atoms with E-state index >= 15 is 0 Å². The molecular formula is C17H14INO2S. The molecule has 3 nitrogen and oxygen atoms in total. The lowest BCUT2D eigenvalue weighted by Gasteiger charge is -2.11. The summed E-state index contributed by atoms with van der Waals surface area (Å²) in [6.07, 6.45) is 1.42. The molecule has 0 radical (unpaired) electrons. The largest absolute Gasteiger partial charge is 0.243 e. The molecule has 0 aliphatic heterocycles. The molecule has 5 heteroatoms. The Morgan fingerprint density at radius 2 is 1.86 bits per heavy atom. The van der Waals surface area contributed by atoms with Crippen molar-refractivity contribution in [1.82, 2.24) is 3.97 Å². The topological polar surface area (TPSA) is 39.1 Å². The third-order valence-corrected chi connectivity index (χ3v) is 5.67. The maximum Gasteiger partial charge on any atom is 0.243 e. The average molecular weight is 423 g/mol. The smallest absolute Gasteiger partial charge is 0.237 e. The number of halogens is 1. The molecule has 0 spiro atoms. The molecule has 1 aromatic heterocycles. The normalized spacial score (nSPS) is 11.7. The van der Waals surface area contributed by atoms with Crippen LogP contribution in [0.4, 0.5) is 0 Å². The number of rotatable bonds is 4. The van der Waals surface area contributed by atoms with Crippen molar-refractivity contribution < 1.29 is 8.42 Å². The fraction of sp³-hybridized carbons (Fsp3) is 0.0588. The lowest BCUT2D eigenvalue weighted by Crippen LogP contribution is -2.16. The van der Waals surface area contributed by atoms with E-state index in [1.807, 2.05) is 54.6 Å². The van der Waals surface area contributed by atoms with Crippen molar-refractivity contribution in [3.63, 3.8) is 0 Å². The summed E-state index contributed by atoms with van der Waals surface area (Å²) in [5, 5.41) is 0.906. The number of fused-ring (bicyclic) bond motifs is 1. The Morgan fingerprint density at radius 3 is 2.59 bits per heavy atom. The van der Waals surface area contributed by atoms with Crippen molar-refractivity contribution in [3.05, 3.63) is 70.8 Å². The fourth-order valence-electron chi connectivity index (χ4n) is 2.50. The van der Waals surface area contributed by atoms with E-state index in [2.05, 4.69) is 29.2 Å². The minimum absolute atomic E-state index is 0.0946. The molecule has 3 aromatic rings. The van der Waals surface area contributed by atoms with Crippen molar-refractivity contribution >= 4 is 43.5 Å². The molecule has 112 valence electrons. The Morgan fingerprint density at radius 1 is 1.09 bits per heavy atom. The molecule has 0 saturated carbocycles. The van der Waals surface area contributed by atoms with Crippen molar-refractivity contribution in [2.45, 2.75) is 0 Å². The first-order valence-electron chi connectivity index (χ1n) is 6.73. The zero-order valence-electron chi connectivity index (χ0n) is 11.7. The molecule has 0 atom stereocenters. The van der Waals surface area contributed by atoms with Gasteiger partial charge in [0.05, 0.1) is 17.0 Å². The lowest BCUT2D eigenvalue weighted by atomic mass is 10.1. The van der Waals surface area contributed by atoms with E-state index in [1.54, 1.807) is 0 Å². The SMILES string of the molecule is C=CCS(=O)(=O)n1c(-c2cccc(I)c2)cc2ccccc21. The fourth-order valence-corrected chi connectivity index (χ4v) is 4.42. The Bertz CT molecular complexity index is 958. The van der Waals surface area contributed by atoms with Crippen molar-refractivity contribution in [1.29, 1.82) is 0 Å². The van der Waals surface area contributed by atoms with Crippen LogP contribution < -0.4 is 0 Å². The van der Waals surface area contributed by atoms with Gasteiger partial charge in [0.25, 0.3) is 0 Å². The number of nitrogens with zero attached hydrogens (tertiary/aromatic N) is 1. The van der Waals surface area contributed by atoms with E-state index < -0.39 is 10.0 Å². The summed E-state index contributed by atoms with van der Waals surface area (Å²) in [4.78, 5) is 0. The highest BCUT2D eigenvalue weighted by molar-refractivity contribution is 14.1. The van der Waals surface area contributed by atoms with Gasteiger partial charge in [-0.25, -0.2) is 12.4 Å². The van der Waals surface area contributed by atoms with E-state index in [9.17, 15) is 8.42 Å². The predicted octanol–water partition coefficient (Wildman–Crippen LogP) is 4.28. The van der Waals surface area contributed by atoms with Crippen LogP contribution >= 0.6 is 22.6 Å². The van der Waals surface area contributed by atoms with E-state index in [1.165, 1.54) is 10.0 Å². The number of hydrogen-bond acceptors (Lipinski definition) is 2. The van der Waals surface area contributed by atoms with Crippen molar-refractivity contribution in [2.75, 3.05) is 5.75 Å². The molecule has 0 unspecified atom stereocenters. The highest BCUT2D eigenvalue weighted by atomic mass is 127. The minimum Gasteiger partial charge on any atom is -0.237 e. The number of hydrogen-bond donors (Lipinski definition) is 0. The monoisotopic (exact) mass is 423 g/mol. The molecule has 0 saturated heterocycles. The summed E-state index contributed by atoms with van der Waals surface area (Å²) < 4.78 is 27.8. The van der Waals surface area contributed by atoms with Gasteiger partial charge in [0.2, 0.25) is 10.0 Å². The lowest BCUT2D eigenvalue weighted by molar-refractivity contribution is 0.592. The van der Waals surface area contributed by atoms with Gasteiger partial charge < -0.3 is 0 Å². The molecule has 0 N–H and O–H groups in total. The van der Waals surface area contributed by atoms with Crippen LogP contribution in [0.5, 0.6) is 0 Å². The van der Waals surface area contributed by atoms with Crippen LogP contribution in [0.15, 0.2) is 67.3 Å². The standard InChI is InChI=1S/C17H14INO2S/c1-2-10-22(20,21)19-16-9-4-3-6-14(16)12-17(19)13-7-5-8-15(18)11-13/h2-9,11-12H,1,10H2. The van der Waals surface area contributed by atoms with Gasteiger partial charge in [-0.3, -0.25) is 0 Å². The van der Waals surface area contributed by atoms with Crippen LogP contribution in [-0.2, 0) is 10.0 Å². The second-order valence-electron chi connectivity index (χ2n) is 4.93. The Balaban J connectivity index is 2.37. The second-order valence-corrected chi connectivity index (χ2v) is 8.04. The molecule has 0 bridgehead atoms. The zero-order chi connectivity index (χ0) is 15.7. The van der Waals surface area contributed by atoms with E-state index in [4.69, 9.17) is 0 Å². The molecule has 0 amide bonds. The summed E-state index contributed by atoms with van der Waals surface area (Å²) in [7, 11) is -3.49. The molecular weight excluding hydrogens is 409 g/mol. The summed E-state index contributed by atoms with van der Waals surface area (Å²) in [5.74, 6) is -0.0946. The van der Waals surface area contributed by atoms with E-state index in [-0.39, 0.29) is 5.75 Å². The average Bonchev–Trinajstić information content (AvgIpc) is 2.87. The molecule has 0 aliphatic carbocycles. The third kappa shape index (κ3) is 2.70. The van der Waals surface area contributed by atoms with Crippen LogP contribution in [0.3, 0.4) is 0 Å². The highest BCUT2D eigenvalue weighted by Crippen LogP contribution is 2.30. The van der Waals surface area contributed by atoms with Crippen molar-refractivity contribution in [3.8, 4) is 11.3 Å². The highest BCUT2D eigenvalue weighted by Gasteiger charge is 2.20. The van der Waals surface area contributed by atoms with Gasteiger partial charge in [-0.15, -0.1) is 6.58 Å². The summed E-state index contributed by atoms with van der Waals surface area (Å²) in [6, 6.07) is 17.2.